The zero-order chi connectivity index (χ0) is 14.2. The minimum absolute atomic E-state index is 0.249. The molecule has 2 aliphatic rings. The summed E-state index contributed by atoms with van der Waals surface area (Å²) < 4.78 is 5.75. The van der Waals surface area contributed by atoms with Crippen LogP contribution in [0.3, 0.4) is 0 Å². The summed E-state index contributed by atoms with van der Waals surface area (Å²) in [4.78, 5) is 2.43. The third kappa shape index (κ3) is 2.33. The summed E-state index contributed by atoms with van der Waals surface area (Å²) in [7, 11) is 0. The van der Waals surface area contributed by atoms with Gasteiger partial charge in [-0.2, -0.15) is 0 Å². The molecule has 1 atom stereocenters. The summed E-state index contributed by atoms with van der Waals surface area (Å²) in [6.45, 7) is 7.21. The average Bonchev–Trinajstić information content (AvgIpc) is 2.95. The van der Waals surface area contributed by atoms with Gasteiger partial charge < -0.3 is 9.84 Å². The lowest BCUT2D eigenvalue weighted by molar-refractivity contribution is -0.0218. The molecule has 2 aliphatic heterocycles. The lowest BCUT2D eigenvalue weighted by Gasteiger charge is -2.44. The molecule has 20 heavy (non-hydrogen) atoms. The number of aliphatic hydroxyl groups excluding tert-OH is 1. The molecule has 0 saturated carbocycles. The fourth-order valence-electron chi connectivity index (χ4n) is 3.48. The number of ether oxygens (including phenoxy) is 1. The number of benzene rings is 1. The summed E-state index contributed by atoms with van der Waals surface area (Å²) in [6.07, 6.45) is 4.24. The predicted octanol–water partition coefficient (Wildman–Crippen LogP) is 2.92. The number of para-hydroxylation sites is 1. The van der Waals surface area contributed by atoms with Crippen molar-refractivity contribution in [3.8, 4) is 5.75 Å². The van der Waals surface area contributed by atoms with Crippen molar-refractivity contribution in [1.29, 1.82) is 0 Å². The Morgan fingerprint density at radius 2 is 1.95 bits per heavy atom. The smallest absolute Gasteiger partial charge is 0.128 e. The van der Waals surface area contributed by atoms with Crippen LogP contribution in [0, 0.1) is 0 Å². The van der Waals surface area contributed by atoms with Crippen molar-refractivity contribution in [2.75, 3.05) is 19.7 Å². The monoisotopic (exact) mass is 275 g/mol. The number of piperidine rings is 1. The van der Waals surface area contributed by atoms with Gasteiger partial charge in [0.05, 0.1) is 6.61 Å². The zero-order valence-electron chi connectivity index (χ0n) is 12.6. The number of aliphatic hydroxyl groups is 1. The van der Waals surface area contributed by atoms with Crippen LogP contribution in [0.5, 0.6) is 5.75 Å². The van der Waals surface area contributed by atoms with Gasteiger partial charge in [0, 0.05) is 17.5 Å². The third-order valence-electron chi connectivity index (χ3n) is 4.88. The maximum Gasteiger partial charge on any atom is 0.128 e. The van der Waals surface area contributed by atoms with E-state index >= 15 is 0 Å². The highest BCUT2D eigenvalue weighted by Crippen LogP contribution is 2.40. The highest BCUT2D eigenvalue weighted by molar-refractivity contribution is 5.46. The van der Waals surface area contributed by atoms with Gasteiger partial charge in [0.2, 0.25) is 0 Å². The molecule has 110 valence electrons. The molecule has 0 radical (unpaired) electrons. The van der Waals surface area contributed by atoms with Gasteiger partial charge in [-0.3, -0.25) is 4.90 Å². The van der Waals surface area contributed by atoms with E-state index in [4.69, 9.17) is 4.74 Å². The molecule has 2 heterocycles. The molecule has 0 bridgehead atoms. The molecule has 0 amide bonds. The van der Waals surface area contributed by atoms with E-state index in [-0.39, 0.29) is 5.54 Å². The van der Waals surface area contributed by atoms with Crippen LogP contribution < -0.4 is 4.74 Å². The van der Waals surface area contributed by atoms with E-state index in [9.17, 15) is 5.11 Å². The lowest BCUT2D eigenvalue weighted by atomic mass is 9.86. The first-order chi connectivity index (χ1) is 9.60. The van der Waals surface area contributed by atoms with Crippen molar-refractivity contribution < 1.29 is 9.84 Å². The van der Waals surface area contributed by atoms with Crippen molar-refractivity contribution in [3.63, 3.8) is 0 Å². The molecular weight excluding hydrogens is 250 g/mol. The Morgan fingerprint density at radius 1 is 1.20 bits per heavy atom. The summed E-state index contributed by atoms with van der Waals surface area (Å²) in [5, 5.41) is 10.9. The number of likely N-dealkylation sites (tertiary alicyclic amines) is 1. The number of hydrogen-bond donors (Lipinski definition) is 1. The number of rotatable bonds is 3. The second-order valence-corrected chi connectivity index (χ2v) is 6.54. The summed E-state index contributed by atoms with van der Waals surface area (Å²) in [6, 6.07) is 6.16. The summed E-state index contributed by atoms with van der Waals surface area (Å²) in [5.41, 5.74) is 1.94. The molecule has 3 nitrogen and oxygen atoms in total. The first-order valence-electron chi connectivity index (χ1n) is 7.78. The zero-order valence-corrected chi connectivity index (χ0v) is 12.6. The molecule has 1 fully saturated rings. The van der Waals surface area contributed by atoms with Crippen LogP contribution in [0.2, 0.25) is 0 Å². The van der Waals surface area contributed by atoms with Crippen LogP contribution in [-0.2, 0) is 6.42 Å². The van der Waals surface area contributed by atoms with E-state index in [0.717, 1.165) is 37.4 Å². The van der Waals surface area contributed by atoms with Crippen molar-refractivity contribution in [3.05, 3.63) is 29.3 Å². The number of nitrogens with zero attached hydrogens (tertiary/aromatic N) is 1. The first-order valence-corrected chi connectivity index (χ1v) is 7.78. The summed E-state index contributed by atoms with van der Waals surface area (Å²) >= 11 is 0. The highest BCUT2D eigenvalue weighted by atomic mass is 16.5. The molecule has 1 saturated heterocycles. The van der Waals surface area contributed by atoms with Gasteiger partial charge in [-0.15, -0.1) is 0 Å². The van der Waals surface area contributed by atoms with Crippen LogP contribution in [0.4, 0.5) is 0 Å². The molecule has 1 unspecified atom stereocenters. The fourth-order valence-corrected chi connectivity index (χ4v) is 3.48. The van der Waals surface area contributed by atoms with Crippen LogP contribution in [0.25, 0.3) is 0 Å². The second-order valence-electron chi connectivity index (χ2n) is 6.54. The van der Waals surface area contributed by atoms with Crippen LogP contribution in [0.15, 0.2) is 18.2 Å². The van der Waals surface area contributed by atoms with Gasteiger partial charge in [0.15, 0.2) is 0 Å². The van der Waals surface area contributed by atoms with E-state index in [1.807, 2.05) is 12.1 Å². The molecule has 1 aromatic rings. The highest BCUT2D eigenvalue weighted by Gasteiger charge is 2.38. The molecule has 1 N–H and O–H groups in total. The molecular formula is C17H25NO2. The minimum Gasteiger partial charge on any atom is -0.493 e. The first kappa shape index (κ1) is 13.9. The Kier molecular flexibility index (Phi) is 3.74. The van der Waals surface area contributed by atoms with Crippen LogP contribution >= 0.6 is 0 Å². The van der Waals surface area contributed by atoms with Crippen molar-refractivity contribution in [2.24, 2.45) is 0 Å². The molecule has 0 spiro atoms. The van der Waals surface area contributed by atoms with E-state index in [1.165, 1.54) is 24.8 Å². The van der Waals surface area contributed by atoms with E-state index < -0.39 is 6.10 Å². The van der Waals surface area contributed by atoms with Gasteiger partial charge in [-0.05, 0) is 45.3 Å². The SMILES string of the molecule is CC(C)(C(O)c1cccc2c1OCC2)N1CCCCC1. The van der Waals surface area contributed by atoms with Gasteiger partial charge in [-0.25, -0.2) is 0 Å². The van der Waals surface area contributed by atoms with Crippen LogP contribution in [0.1, 0.15) is 50.3 Å². The van der Waals surface area contributed by atoms with Crippen molar-refractivity contribution in [2.45, 2.75) is 51.2 Å². The largest absolute Gasteiger partial charge is 0.493 e. The Hall–Kier alpha value is -1.06. The van der Waals surface area contributed by atoms with E-state index in [2.05, 4.69) is 24.8 Å². The maximum absolute atomic E-state index is 10.9. The average molecular weight is 275 g/mol. The van der Waals surface area contributed by atoms with Gasteiger partial charge in [0.25, 0.3) is 0 Å². The van der Waals surface area contributed by atoms with E-state index in [1.54, 1.807) is 0 Å². The number of fused-ring (bicyclic) bond motifs is 1. The standard InChI is InChI=1S/C17H25NO2/c1-17(2,18-10-4-3-5-11-18)16(19)14-8-6-7-13-9-12-20-15(13)14/h6-8,16,19H,3-5,9-12H2,1-2H3. The predicted molar refractivity (Wildman–Crippen MR) is 80.1 cm³/mol. The molecule has 3 rings (SSSR count). The maximum atomic E-state index is 10.9. The van der Waals surface area contributed by atoms with Crippen molar-refractivity contribution >= 4 is 0 Å². The molecule has 1 aromatic carbocycles. The van der Waals surface area contributed by atoms with Gasteiger partial charge in [0.1, 0.15) is 11.9 Å². The summed E-state index contributed by atoms with van der Waals surface area (Å²) in [5.74, 6) is 0.921. The van der Waals surface area contributed by atoms with Crippen LogP contribution in [-0.4, -0.2) is 35.2 Å². The molecule has 0 aromatic heterocycles. The Labute approximate surface area is 121 Å². The minimum atomic E-state index is -0.506. The van der Waals surface area contributed by atoms with Gasteiger partial charge >= 0.3 is 0 Å². The Bertz CT molecular complexity index is 478. The quantitative estimate of drug-likeness (QED) is 0.920. The second kappa shape index (κ2) is 5.38. The van der Waals surface area contributed by atoms with Gasteiger partial charge in [-0.1, -0.05) is 24.6 Å². The van der Waals surface area contributed by atoms with Crippen molar-refractivity contribution in [1.82, 2.24) is 4.90 Å². The molecule has 0 aliphatic carbocycles. The molecule has 3 heteroatoms. The normalized spacial score (nSPS) is 21.4. The Balaban J connectivity index is 1.87. The Morgan fingerprint density at radius 3 is 2.70 bits per heavy atom. The lowest BCUT2D eigenvalue weighted by Crippen LogP contribution is -2.50. The number of hydrogen-bond acceptors (Lipinski definition) is 3. The third-order valence-corrected chi connectivity index (χ3v) is 4.88. The topological polar surface area (TPSA) is 32.7 Å². The fraction of sp³-hybridized carbons (Fsp3) is 0.647. The van der Waals surface area contributed by atoms with E-state index in [0.29, 0.717) is 0 Å².